The molecule has 1 atom stereocenters. The Morgan fingerprint density at radius 3 is 2.59 bits per heavy atom. The van der Waals surface area contributed by atoms with Crippen molar-refractivity contribution in [3.8, 4) is 0 Å². The van der Waals surface area contributed by atoms with Crippen molar-refractivity contribution in [1.82, 2.24) is 5.32 Å². The number of nitrogens with two attached hydrogens (primary N) is 1. The van der Waals surface area contributed by atoms with Gasteiger partial charge in [-0.1, -0.05) is 25.3 Å². The highest BCUT2D eigenvalue weighted by molar-refractivity contribution is 7.12. The maximum absolute atomic E-state index is 12.0. The highest BCUT2D eigenvalue weighted by Gasteiger charge is 2.24. The first-order valence-electron chi connectivity index (χ1n) is 7.77. The fraction of sp³-hybridized carbons (Fsp3) is 0.625. The van der Waals surface area contributed by atoms with E-state index in [9.17, 15) is 9.59 Å². The number of carbonyl (C=O) groups excluding carboxylic acids is 2. The van der Waals surface area contributed by atoms with E-state index >= 15 is 0 Å². The van der Waals surface area contributed by atoms with Gasteiger partial charge in [-0.3, -0.25) is 9.59 Å². The average Bonchev–Trinajstić information content (AvgIpc) is 3.05. The number of Topliss-reactive ketones (excluding diaryl/α,β-unsaturated/α-hetero) is 1. The summed E-state index contributed by atoms with van der Waals surface area (Å²) in [6.45, 7) is 0.481. The lowest BCUT2D eigenvalue weighted by molar-refractivity contribution is -0.122. The van der Waals surface area contributed by atoms with Gasteiger partial charge in [0.15, 0.2) is 5.78 Å². The van der Waals surface area contributed by atoms with E-state index < -0.39 is 0 Å². The molecule has 1 aliphatic carbocycles. The smallest absolute Gasteiger partial charge is 0.220 e. The van der Waals surface area contributed by atoms with E-state index in [-0.39, 0.29) is 43.0 Å². The van der Waals surface area contributed by atoms with Gasteiger partial charge >= 0.3 is 0 Å². The number of hydrogen-bond acceptors (Lipinski definition) is 4. The number of nitrogens with one attached hydrogen (secondary N) is 1. The first-order valence-corrected chi connectivity index (χ1v) is 8.65. The summed E-state index contributed by atoms with van der Waals surface area (Å²) < 4.78 is 0. The van der Waals surface area contributed by atoms with Crippen molar-refractivity contribution >= 4 is 35.4 Å². The van der Waals surface area contributed by atoms with Gasteiger partial charge in [0.05, 0.1) is 4.88 Å². The summed E-state index contributed by atoms with van der Waals surface area (Å²) in [6.07, 6.45) is 6.57. The summed E-state index contributed by atoms with van der Waals surface area (Å²) in [6, 6.07) is 3.72. The third-order valence-electron chi connectivity index (χ3n) is 4.19. The summed E-state index contributed by atoms with van der Waals surface area (Å²) in [5.41, 5.74) is 5.81. The van der Waals surface area contributed by atoms with Crippen LogP contribution in [-0.2, 0) is 4.79 Å². The molecular formula is C16H25ClN2O2S. The number of hydrogen-bond donors (Lipinski definition) is 2. The van der Waals surface area contributed by atoms with Crippen LogP contribution in [0.2, 0.25) is 0 Å². The minimum Gasteiger partial charge on any atom is -0.352 e. The van der Waals surface area contributed by atoms with Crippen LogP contribution in [0.15, 0.2) is 17.5 Å². The van der Waals surface area contributed by atoms with Crippen LogP contribution in [-0.4, -0.2) is 24.3 Å². The van der Waals surface area contributed by atoms with E-state index in [1.54, 1.807) is 6.07 Å². The van der Waals surface area contributed by atoms with E-state index in [0.717, 1.165) is 17.7 Å². The second-order valence-corrected chi connectivity index (χ2v) is 6.66. The second-order valence-electron chi connectivity index (χ2n) is 5.71. The molecule has 2 rings (SSSR count). The lowest BCUT2D eigenvalue weighted by atomic mass is 9.84. The van der Waals surface area contributed by atoms with Gasteiger partial charge in [-0.15, -0.1) is 23.7 Å². The topological polar surface area (TPSA) is 72.2 Å². The molecular weight excluding hydrogens is 320 g/mol. The molecule has 1 aromatic rings. The molecule has 1 heterocycles. The molecule has 3 N–H and O–H groups in total. The van der Waals surface area contributed by atoms with Crippen LogP contribution in [0.1, 0.15) is 54.6 Å². The Balaban J connectivity index is 0.00000242. The summed E-state index contributed by atoms with van der Waals surface area (Å²) in [5.74, 6) is 0.490. The third-order valence-corrected chi connectivity index (χ3v) is 5.11. The van der Waals surface area contributed by atoms with Gasteiger partial charge in [-0.25, -0.2) is 0 Å². The molecule has 0 aromatic carbocycles. The van der Waals surface area contributed by atoms with Crippen molar-refractivity contribution < 1.29 is 9.59 Å². The van der Waals surface area contributed by atoms with Gasteiger partial charge in [0, 0.05) is 25.4 Å². The molecule has 124 valence electrons. The van der Waals surface area contributed by atoms with Crippen molar-refractivity contribution in [2.24, 2.45) is 11.7 Å². The van der Waals surface area contributed by atoms with Crippen molar-refractivity contribution in [3.63, 3.8) is 0 Å². The molecule has 0 spiro atoms. The van der Waals surface area contributed by atoms with Crippen LogP contribution in [0.25, 0.3) is 0 Å². The van der Waals surface area contributed by atoms with Crippen molar-refractivity contribution in [2.75, 3.05) is 6.54 Å². The maximum Gasteiger partial charge on any atom is 0.220 e. The van der Waals surface area contributed by atoms with Gasteiger partial charge in [0.25, 0.3) is 0 Å². The normalized spacial score (nSPS) is 16.6. The first kappa shape index (κ1) is 19.1. The molecule has 0 bridgehead atoms. The number of halogens is 1. The van der Waals surface area contributed by atoms with E-state index in [0.29, 0.717) is 12.5 Å². The maximum atomic E-state index is 12.0. The summed E-state index contributed by atoms with van der Waals surface area (Å²) in [4.78, 5) is 24.6. The average molecular weight is 345 g/mol. The standard InChI is InChI=1S/C16H24N2O2S.ClH/c17-11-13(12-5-2-1-3-6-12)18-16(20)9-8-14(19)15-7-4-10-21-15;/h4,7,10,12-13H,1-3,5-6,8-9,11,17H2,(H,18,20);1H. The Morgan fingerprint density at radius 2 is 2.00 bits per heavy atom. The number of ketones is 1. The molecule has 1 saturated carbocycles. The summed E-state index contributed by atoms with van der Waals surface area (Å²) in [7, 11) is 0. The molecule has 1 unspecified atom stereocenters. The Bertz CT molecular complexity index is 459. The van der Waals surface area contributed by atoms with Crippen LogP contribution in [0.3, 0.4) is 0 Å². The largest absolute Gasteiger partial charge is 0.352 e. The molecule has 1 amide bonds. The van der Waals surface area contributed by atoms with Crippen LogP contribution in [0.5, 0.6) is 0 Å². The van der Waals surface area contributed by atoms with Gasteiger partial charge in [-0.2, -0.15) is 0 Å². The first-order chi connectivity index (χ1) is 10.2. The molecule has 0 aliphatic heterocycles. The van der Waals surface area contributed by atoms with Gasteiger partial charge in [0.1, 0.15) is 0 Å². The van der Waals surface area contributed by atoms with Gasteiger partial charge in [-0.05, 0) is 30.2 Å². The SMILES string of the molecule is Cl.NCC(NC(=O)CCC(=O)c1cccs1)C1CCCCC1. The van der Waals surface area contributed by atoms with E-state index in [2.05, 4.69) is 5.32 Å². The molecule has 0 radical (unpaired) electrons. The number of amides is 1. The Morgan fingerprint density at radius 1 is 1.27 bits per heavy atom. The number of thiophene rings is 1. The van der Waals surface area contributed by atoms with Crippen molar-refractivity contribution in [2.45, 2.75) is 51.0 Å². The lowest BCUT2D eigenvalue weighted by Gasteiger charge is -2.30. The fourth-order valence-electron chi connectivity index (χ4n) is 2.97. The summed E-state index contributed by atoms with van der Waals surface area (Å²) in [5, 5.41) is 4.90. The third kappa shape index (κ3) is 5.71. The molecule has 6 heteroatoms. The van der Waals surface area contributed by atoms with Crippen LogP contribution in [0, 0.1) is 5.92 Å². The van der Waals surface area contributed by atoms with E-state index in [1.807, 2.05) is 11.4 Å². The van der Waals surface area contributed by atoms with E-state index in [4.69, 9.17) is 5.73 Å². The Labute approximate surface area is 142 Å². The predicted octanol–water partition coefficient (Wildman–Crippen LogP) is 3.16. The quantitative estimate of drug-likeness (QED) is 0.746. The minimum atomic E-state index is -0.0547. The Kier molecular flexibility index (Phi) is 8.68. The zero-order valence-corrected chi connectivity index (χ0v) is 14.4. The predicted molar refractivity (Wildman–Crippen MR) is 92.7 cm³/mol. The monoisotopic (exact) mass is 344 g/mol. The molecule has 1 aliphatic rings. The molecule has 1 fully saturated rings. The van der Waals surface area contributed by atoms with Gasteiger partial charge < -0.3 is 11.1 Å². The molecule has 1 aromatic heterocycles. The Hall–Kier alpha value is -0.910. The highest BCUT2D eigenvalue weighted by atomic mass is 35.5. The van der Waals surface area contributed by atoms with Crippen LogP contribution >= 0.6 is 23.7 Å². The van der Waals surface area contributed by atoms with E-state index in [1.165, 1.54) is 30.6 Å². The highest BCUT2D eigenvalue weighted by Crippen LogP contribution is 2.26. The zero-order valence-electron chi connectivity index (χ0n) is 12.8. The number of rotatable bonds is 7. The zero-order chi connectivity index (χ0) is 15.1. The second kappa shape index (κ2) is 9.98. The lowest BCUT2D eigenvalue weighted by Crippen LogP contribution is -2.45. The van der Waals surface area contributed by atoms with Crippen LogP contribution in [0.4, 0.5) is 0 Å². The van der Waals surface area contributed by atoms with Gasteiger partial charge in [0.2, 0.25) is 5.91 Å². The molecule has 0 saturated heterocycles. The van der Waals surface area contributed by atoms with Crippen LogP contribution < -0.4 is 11.1 Å². The minimum absolute atomic E-state index is 0. The molecule has 4 nitrogen and oxygen atoms in total. The van der Waals surface area contributed by atoms with Crippen molar-refractivity contribution in [3.05, 3.63) is 22.4 Å². The number of carbonyl (C=O) groups is 2. The van der Waals surface area contributed by atoms with Crippen molar-refractivity contribution in [1.29, 1.82) is 0 Å². The summed E-state index contributed by atoms with van der Waals surface area (Å²) >= 11 is 1.42. The fourth-order valence-corrected chi connectivity index (χ4v) is 3.67. The molecule has 22 heavy (non-hydrogen) atoms.